The Bertz CT molecular complexity index is 995. The van der Waals surface area contributed by atoms with Crippen molar-refractivity contribution in [2.45, 2.75) is 20.1 Å². The van der Waals surface area contributed by atoms with Crippen molar-refractivity contribution in [3.05, 3.63) is 90.4 Å². The Morgan fingerprint density at radius 1 is 1.03 bits per heavy atom. The molecule has 0 atom stereocenters. The smallest absolute Gasteiger partial charge is 0.175 e. The summed E-state index contributed by atoms with van der Waals surface area (Å²) in [6.45, 7) is 3.57. The van der Waals surface area contributed by atoms with Gasteiger partial charge in [0.2, 0.25) is 0 Å². The van der Waals surface area contributed by atoms with Crippen LogP contribution in [0.3, 0.4) is 0 Å². The van der Waals surface area contributed by atoms with E-state index >= 15 is 0 Å². The Kier molecular flexibility index (Phi) is 8.84. The molecule has 0 spiro atoms. The lowest BCUT2D eigenvalue weighted by molar-refractivity contribution is 0.267. The molecule has 0 saturated carbocycles. The van der Waals surface area contributed by atoms with Crippen LogP contribution in [0.1, 0.15) is 23.6 Å². The molecule has 1 N–H and O–H groups in total. The third-order valence-electron chi connectivity index (χ3n) is 4.13. The van der Waals surface area contributed by atoms with Crippen LogP contribution in [-0.4, -0.2) is 12.8 Å². The summed E-state index contributed by atoms with van der Waals surface area (Å²) >= 11 is 11.8. The molecule has 0 aromatic heterocycles. The Morgan fingerprint density at radius 2 is 1.73 bits per heavy atom. The largest absolute Gasteiger partial charge is 0.490 e. The minimum absolute atomic E-state index is 0.464. The normalized spacial score (nSPS) is 10.9. The maximum Gasteiger partial charge on any atom is 0.175 e. The average Bonchev–Trinajstić information content (AvgIpc) is 2.73. The van der Waals surface area contributed by atoms with Gasteiger partial charge in [0, 0.05) is 8.59 Å². The zero-order valence-corrected chi connectivity index (χ0v) is 20.9. The molecule has 0 saturated heterocycles. The zero-order chi connectivity index (χ0) is 21.3. The van der Waals surface area contributed by atoms with E-state index in [1.807, 2.05) is 43.3 Å². The van der Waals surface area contributed by atoms with E-state index in [1.54, 1.807) is 6.21 Å². The number of nitrogens with one attached hydrogen (secondary N) is 1. The standard InChI is InChI=1S/C23H21BrClIN2O2/c1-2-29-22-12-18(14-28-27-13-16-3-7-19(25)8-4-16)11-21(24)23(22)30-15-17-5-9-20(26)10-6-17/h3-12,14,27H,2,13,15H2,1H3/b28-14-. The Balaban J connectivity index is 1.66. The number of ether oxygens (including phenoxy) is 2. The molecule has 0 aliphatic heterocycles. The highest BCUT2D eigenvalue weighted by Gasteiger charge is 2.12. The van der Waals surface area contributed by atoms with E-state index in [2.05, 4.69) is 73.3 Å². The van der Waals surface area contributed by atoms with Crippen LogP contribution in [0, 0.1) is 3.57 Å². The average molecular weight is 600 g/mol. The molecule has 0 bridgehead atoms. The van der Waals surface area contributed by atoms with Crippen LogP contribution in [0.15, 0.2) is 70.2 Å². The minimum atomic E-state index is 0.464. The Hall–Kier alpha value is -1.77. The van der Waals surface area contributed by atoms with E-state index in [1.165, 1.54) is 3.57 Å². The van der Waals surface area contributed by atoms with E-state index in [4.69, 9.17) is 21.1 Å². The van der Waals surface area contributed by atoms with Gasteiger partial charge in [0.25, 0.3) is 0 Å². The van der Waals surface area contributed by atoms with Crippen LogP contribution in [0.5, 0.6) is 11.5 Å². The molecule has 4 nitrogen and oxygen atoms in total. The number of rotatable bonds is 9. The number of nitrogens with zero attached hydrogens (tertiary/aromatic N) is 1. The molecular weight excluding hydrogens is 579 g/mol. The first-order valence-corrected chi connectivity index (χ1v) is 11.6. The van der Waals surface area contributed by atoms with Crippen molar-refractivity contribution in [3.8, 4) is 11.5 Å². The quantitative estimate of drug-likeness (QED) is 0.167. The van der Waals surface area contributed by atoms with Crippen molar-refractivity contribution in [1.29, 1.82) is 0 Å². The van der Waals surface area contributed by atoms with Gasteiger partial charge in [0.05, 0.1) is 23.8 Å². The summed E-state index contributed by atoms with van der Waals surface area (Å²) < 4.78 is 13.9. The lowest BCUT2D eigenvalue weighted by Crippen LogP contribution is -2.06. The van der Waals surface area contributed by atoms with Crippen LogP contribution in [0.4, 0.5) is 0 Å². The van der Waals surface area contributed by atoms with Crippen LogP contribution in [0.2, 0.25) is 5.02 Å². The third-order valence-corrected chi connectivity index (χ3v) is 5.69. The maximum atomic E-state index is 6.05. The van der Waals surface area contributed by atoms with Gasteiger partial charge in [-0.25, -0.2) is 0 Å². The van der Waals surface area contributed by atoms with Crippen molar-refractivity contribution >= 4 is 56.3 Å². The monoisotopic (exact) mass is 598 g/mol. The van der Waals surface area contributed by atoms with Crippen molar-refractivity contribution < 1.29 is 9.47 Å². The molecule has 0 aliphatic rings. The van der Waals surface area contributed by atoms with E-state index in [-0.39, 0.29) is 0 Å². The van der Waals surface area contributed by atoms with Gasteiger partial charge < -0.3 is 14.9 Å². The third kappa shape index (κ3) is 6.89. The second-order valence-electron chi connectivity index (χ2n) is 6.40. The van der Waals surface area contributed by atoms with Gasteiger partial charge >= 0.3 is 0 Å². The lowest BCUT2D eigenvalue weighted by atomic mass is 10.2. The fraction of sp³-hybridized carbons (Fsp3) is 0.174. The summed E-state index contributed by atoms with van der Waals surface area (Å²) in [5, 5.41) is 5.03. The van der Waals surface area contributed by atoms with Gasteiger partial charge in [-0.05, 0) is 98.5 Å². The minimum Gasteiger partial charge on any atom is -0.490 e. The second-order valence-corrected chi connectivity index (χ2v) is 8.93. The first-order chi connectivity index (χ1) is 14.5. The van der Waals surface area contributed by atoms with E-state index in [0.29, 0.717) is 31.3 Å². The molecule has 0 radical (unpaired) electrons. The van der Waals surface area contributed by atoms with E-state index in [0.717, 1.165) is 26.2 Å². The molecule has 3 aromatic carbocycles. The molecule has 30 heavy (non-hydrogen) atoms. The van der Waals surface area contributed by atoms with E-state index < -0.39 is 0 Å². The van der Waals surface area contributed by atoms with Crippen molar-refractivity contribution in [1.82, 2.24) is 5.43 Å². The highest BCUT2D eigenvalue weighted by molar-refractivity contribution is 14.1. The van der Waals surface area contributed by atoms with Gasteiger partial charge in [0.1, 0.15) is 6.61 Å². The fourth-order valence-electron chi connectivity index (χ4n) is 2.66. The molecule has 0 heterocycles. The Labute approximate surface area is 203 Å². The van der Waals surface area contributed by atoms with Crippen molar-refractivity contribution in [2.24, 2.45) is 5.10 Å². The SMILES string of the molecule is CCOc1cc(/C=N\NCc2ccc(Cl)cc2)cc(Br)c1OCc1ccc(I)cc1. The number of halogens is 3. The molecule has 7 heteroatoms. The number of hydrogen-bond donors (Lipinski definition) is 1. The van der Waals surface area contributed by atoms with Crippen molar-refractivity contribution in [2.75, 3.05) is 6.61 Å². The highest BCUT2D eigenvalue weighted by atomic mass is 127. The zero-order valence-electron chi connectivity index (χ0n) is 16.4. The summed E-state index contributed by atoms with van der Waals surface area (Å²) in [5.74, 6) is 1.36. The summed E-state index contributed by atoms with van der Waals surface area (Å²) in [4.78, 5) is 0. The molecular formula is C23H21BrClIN2O2. The molecule has 0 unspecified atom stereocenters. The summed E-state index contributed by atoms with van der Waals surface area (Å²) in [6, 6.07) is 19.8. The molecule has 156 valence electrons. The first kappa shape index (κ1) is 22.9. The van der Waals surface area contributed by atoms with Gasteiger partial charge in [-0.1, -0.05) is 35.9 Å². The molecule has 0 fully saturated rings. The van der Waals surface area contributed by atoms with Crippen LogP contribution < -0.4 is 14.9 Å². The van der Waals surface area contributed by atoms with Gasteiger partial charge in [0.15, 0.2) is 11.5 Å². The van der Waals surface area contributed by atoms with Crippen molar-refractivity contribution in [3.63, 3.8) is 0 Å². The summed E-state index contributed by atoms with van der Waals surface area (Å²) in [6.07, 6.45) is 1.76. The lowest BCUT2D eigenvalue weighted by Gasteiger charge is -2.15. The van der Waals surface area contributed by atoms with E-state index in [9.17, 15) is 0 Å². The van der Waals surface area contributed by atoms with Crippen LogP contribution >= 0.6 is 50.1 Å². The second kappa shape index (κ2) is 11.6. The Morgan fingerprint density at radius 3 is 2.43 bits per heavy atom. The molecule has 3 aromatic rings. The summed E-state index contributed by atoms with van der Waals surface area (Å²) in [5.41, 5.74) is 6.15. The summed E-state index contributed by atoms with van der Waals surface area (Å²) in [7, 11) is 0. The van der Waals surface area contributed by atoms with Gasteiger partial charge in [-0.2, -0.15) is 5.10 Å². The first-order valence-electron chi connectivity index (χ1n) is 9.39. The highest BCUT2D eigenvalue weighted by Crippen LogP contribution is 2.37. The maximum absolute atomic E-state index is 6.05. The van der Waals surface area contributed by atoms with Crippen LogP contribution in [-0.2, 0) is 13.2 Å². The predicted molar refractivity (Wildman–Crippen MR) is 135 cm³/mol. The van der Waals surface area contributed by atoms with Gasteiger partial charge in [-0.15, -0.1) is 0 Å². The number of hydrazone groups is 1. The van der Waals surface area contributed by atoms with Crippen LogP contribution in [0.25, 0.3) is 0 Å². The number of hydrogen-bond acceptors (Lipinski definition) is 4. The molecule has 0 amide bonds. The van der Waals surface area contributed by atoms with Gasteiger partial charge in [-0.3, -0.25) is 0 Å². The fourth-order valence-corrected chi connectivity index (χ4v) is 3.72. The molecule has 0 aliphatic carbocycles. The number of benzene rings is 3. The predicted octanol–water partition coefficient (Wildman–Crippen LogP) is 6.81. The topological polar surface area (TPSA) is 42.8 Å². The molecule has 3 rings (SSSR count).